The minimum absolute atomic E-state index is 0.530. The van der Waals surface area contributed by atoms with Crippen LogP contribution >= 0.6 is 19.9 Å². The van der Waals surface area contributed by atoms with Gasteiger partial charge in [0.05, 0.1) is 0 Å². The maximum atomic E-state index is 10.2. The molecule has 1 atom stereocenters. The summed E-state index contributed by atoms with van der Waals surface area (Å²) in [5.41, 5.74) is 0. The van der Waals surface area contributed by atoms with E-state index in [-0.39, 0.29) is 0 Å². The molecule has 0 heterocycles. The molecule has 0 aliphatic carbocycles. The number of halogens is 1. The van der Waals surface area contributed by atoms with E-state index in [2.05, 4.69) is 4.52 Å². The van der Waals surface area contributed by atoms with Crippen LogP contribution in [0.4, 0.5) is 0 Å². The highest BCUT2D eigenvalue weighted by Gasteiger charge is 2.25. The zero-order valence-electron chi connectivity index (χ0n) is 6.06. The van der Waals surface area contributed by atoms with Gasteiger partial charge in [0.15, 0.2) is 0 Å². The van der Waals surface area contributed by atoms with Crippen LogP contribution in [0.25, 0.3) is 0 Å². The van der Waals surface area contributed by atoms with E-state index < -0.39 is 13.3 Å². The fraction of sp³-hybridized carbons (Fsp3) is 1.00. The van der Waals surface area contributed by atoms with Gasteiger partial charge in [-0.3, -0.25) is 9.09 Å². The highest BCUT2D eigenvalue weighted by Crippen LogP contribution is 2.34. The van der Waals surface area contributed by atoms with Gasteiger partial charge in [0.1, 0.15) is 5.06 Å². The summed E-state index contributed by atoms with van der Waals surface area (Å²) >= 11 is 5.75. The summed E-state index contributed by atoms with van der Waals surface area (Å²) in [6.45, 7) is 3.61. The van der Waals surface area contributed by atoms with Crippen LogP contribution in [0.15, 0.2) is 0 Å². The maximum Gasteiger partial charge on any atom is 0.318 e. The summed E-state index contributed by atoms with van der Waals surface area (Å²) < 4.78 is 14.8. The van der Waals surface area contributed by atoms with E-state index in [4.69, 9.17) is 16.5 Å². The van der Waals surface area contributed by atoms with Crippen LogP contribution in [0.3, 0.4) is 0 Å². The zero-order valence-corrected chi connectivity index (χ0v) is 7.81. The predicted octanol–water partition coefficient (Wildman–Crippen LogP) is 2.14. The molecule has 0 spiro atoms. The first-order chi connectivity index (χ1) is 4.54. The summed E-state index contributed by atoms with van der Waals surface area (Å²) in [7, 11) is -2.90. The van der Waals surface area contributed by atoms with Crippen LogP contribution in [0.2, 0.25) is 0 Å². The van der Waals surface area contributed by atoms with Gasteiger partial charge in [-0.05, 0) is 12.8 Å². The smallest absolute Gasteiger partial charge is 0.318 e. The average molecular weight is 187 g/mol. The molecular weight excluding hydrogens is 174 g/mol. The zero-order chi connectivity index (χ0) is 8.20. The molecule has 0 fully saturated rings. The molecule has 0 aromatic rings. The van der Waals surface area contributed by atoms with Gasteiger partial charge >= 0.3 is 8.25 Å². The molecule has 0 saturated heterocycles. The Labute approximate surface area is 66.3 Å². The summed E-state index contributed by atoms with van der Waals surface area (Å²) in [6.07, 6.45) is 1.06. The van der Waals surface area contributed by atoms with Gasteiger partial charge in [-0.1, -0.05) is 25.4 Å². The number of rotatable bonds is 4. The monoisotopic (exact) mass is 186 g/mol. The van der Waals surface area contributed by atoms with Crippen molar-refractivity contribution in [3.05, 3.63) is 0 Å². The van der Waals surface area contributed by atoms with Gasteiger partial charge < -0.3 is 4.89 Å². The van der Waals surface area contributed by atoms with Crippen molar-refractivity contribution in [3.8, 4) is 0 Å². The van der Waals surface area contributed by atoms with Crippen molar-refractivity contribution in [2.45, 2.75) is 31.7 Å². The molecule has 0 saturated carbocycles. The van der Waals surface area contributed by atoms with Gasteiger partial charge in [-0.2, -0.15) is 0 Å². The Morgan fingerprint density at radius 1 is 1.60 bits per heavy atom. The fourth-order valence-electron chi connectivity index (χ4n) is 0.551. The summed E-state index contributed by atoms with van der Waals surface area (Å²) in [5, 5.41) is -0.940. The second-order valence-electron chi connectivity index (χ2n) is 1.96. The Morgan fingerprint density at radius 2 is 2.00 bits per heavy atom. The van der Waals surface area contributed by atoms with Crippen molar-refractivity contribution in [3.63, 3.8) is 0 Å². The lowest BCUT2D eigenvalue weighted by Crippen LogP contribution is -2.19. The Morgan fingerprint density at radius 3 is 2.10 bits per heavy atom. The summed E-state index contributed by atoms with van der Waals surface area (Å²) in [4.78, 5) is 8.39. The normalized spacial score (nSPS) is 15.2. The van der Waals surface area contributed by atoms with Crippen LogP contribution in [0, 0.1) is 0 Å². The molecule has 0 radical (unpaired) electrons. The first-order valence-corrected chi connectivity index (χ1v) is 4.79. The lowest BCUT2D eigenvalue weighted by atomic mass is 10.2. The number of alkyl halides is 1. The predicted molar refractivity (Wildman–Crippen MR) is 41.5 cm³/mol. The van der Waals surface area contributed by atoms with Crippen molar-refractivity contribution >= 4 is 19.9 Å². The van der Waals surface area contributed by atoms with Crippen LogP contribution in [0.5, 0.6) is 0 Å². The standard InChI is InChI=1S/C5H12ClO3P/c1-3-5(6,4-2)9-10(7)8/h10H,3-4H2,1-2H3,(H,7,8). The number of hydrogen-bond donors (Lipinski definition) is 1. The molecule has 62 valence electrons. The van der Waals surface area contributed by atoms with Crippen LogP contribution in [-0.4, -0.2) is 9.95 Å². The molecule has 0 aromatic carbocycles. The molecule has 5 heteroatoms. The van der Waals surface area contributed by atoms with Crippen LogP contribution in [0.1, 0.15) is 26.7 Å². The maximum absolute atomic E-state index is 10.2. The molecule has 1 N–H and O–H groups in total. The van der Waals surface area contributed by atoms with E-state index >= 15 is 0 Å². The molecule has 1 unspecified atom stereocenters. The van der Waals surface area contributed by atoms with Crippen molar-refractivity contribution in [2.24, 2.45) is 0 Å². The third-order valence-corrected chi connectivity index (χ3v) is 2.63. The summed E-state index contributed by atoms with van der Waals surface area (Å²) in [5.74, 6) is 0. The second kappa shape index (κ2) is 4.35. The Kier molecular flexibility index (Phi) is 4.54. The number of hydrogen-bond acceptors (Lipinski definition) is 2. The van der Waals surface area contributed by atoms with E-state index in [1.807, 2.05) is 0 Å². The molecular formula is C5H12ClO3P. The Bertz CT molecular complexity index is 124. The topological polar surface area (TPSA) is 46.5 Å². The fourth-order valence-corrected chi connectivity index (χ4v) is 1.35. The van der Waals surface area contributed by atoms with Gasteiger partial charge in [-0.25, -0.2) is 0 Å². The third kappa shape index (κ3) is 3.57. The molecule has 0 aromatic heterocycles. The minimum Gasteiger partial charge on any atom is -0.326 e. The van der Waals surface area contributed by atoms with E-state index in [1.165, 1.54) is 0 Å². The second-order valence-corrected chi connectivity index (χ2v) is 3.38. The SMILES string of the molecule is CCC(Cl)(CC)O[PH](=O)O. The van der Waals surface area contributed by atoms with Crippen molar-refractivity contribution < 1.29 is 14.0 Å². The Hall–Kier alpha value is 0.440. The van der Waals surface area contributed by atoms with E-state index in [1.54, 1.807) is 13.8 Å². The lowest BCUT2D eigenvalue weighted by molar-refractivity contribution is 0.139. The third-order valence-electron chi connectivity index (χ3n) is 1.33. The quantitative estimate of drug-likeness (QED) is 0.541. The lowest BCUT2D eigenvalue weighted by Gasteiger charge is -2.21. The Balaban J connectivity index is 3.92. The average Bonchev–Trinajstić information content (AvgIpc) is 1.87. The van der Waals surface area contributed by atoms with E-state index in [0.29, 0.717) is 12.8 Å². The molecule has 10 heavy (non-hydrogen) atoms. The first-order valence-electron chi connectivity index (χ1n) is 3.15. The van der Waals surface area contributed by atoms with Crippen molar-refractivity contribution in [2.75, 3.05) is 0 Å². The van der Waals surface area contributed by atoms with Crippen LogP contribution in [-0.2, 0) is 9.09 Å². The van der Waals surface area contributed by atoms with Crippen LogP contribution < -0.4 is 0 Å². The van der Waals surface area contributed by atoms with Gasteiger partial charge in [-0.15, -0.1) is 0 Å². The largest absolute Gasteiger partial charge is 0.326 e. The minimum atomic E-state index is -2.90. The molecule has 0 rings (SSSR count). The van der Waals surface area contributed by atoms with Gasteiger partial charge in [0.25, 0.3) is 0 Å². The highest BCUT2D eigenvalue weighted by molar-refractivity contribution is 7.32. The summed E-state index contributed by atoms with van der Waals surface area (Å²) in [6, 6.07) is 0. The highest BCUT2D eigenvalue weighted by atomic mass is 35.5. The molecule has 0 amide bonds. The molecule has 0 aliphatic heterocycles. The van der Waals surface area contributed by atoms with Gasteiger partial charge in [0, 0.05) is 0 Å². The molecule has 0 bridgehead atoms. The van der Waals surface area contributed by atoms with Crippen molar-refractivity contribution in [1.29, 1.82) is 0 Å². The molecule has 3 nitrogen and oxygen atoms in total. The van der Waals surface area contributed by atoms with Crippen molar-refractivity contribution in [1.82, 2.24) is 0 Å². The first kappa shape index (κ1) is 10.4. The van der Waals surface area contributed by atoms with E-state index in [9.17, 15) is 4.57 Å². The molecule has 0 aliphatic rings. The van der Waals surface area contributed by atoms with Gasteiger partial charge in [0.2, 0.25) is 0 Å². The van der Waals surface area contributed by atoms with E-state index in [0.717, 1.165) is 0 Å².